The number of phenols is 1. The molecule has 4 rings (SSSR count). The van der Waals surface area contributed by atoms with Crippen LogP contribution in [0, 0.1) is 5.82 Å². The number of hydrogen-bond acceptors (Lipinski definition) is 5. The lowest BCUT2D eigenvalue weighted by Crippen LogP contribution is -2.56. The highest BCUT2D eigenvalue weighted by molar-refractivity contribution is 6.37. The Bertz CT molecular complexity index is 1040. The largest absolute Gasteiger partial charge is 0.507 e. The Morgan fingerprint density at radius 1 is 1.25 bits per heavy atom. The summed E-state index contributed by atoms with van der Waals surface area (Å²) in [6.07, 6.45) is -0.362. The maximum atomic E-state index is 15.2. The molecule has 1 saturated heterocycles. The Hall–Kier alpha value is -2.22. The van der Waals surface area contributed by atoms with Gasteiger partial charge in [0.05, 0.1) is 16.1 Å². The van der Waals surface area contributed by atoms with Crippen molar-refractivity contribution < 1.29 is 23.8 Å². The minimum Gasteiger partial charge on any atom is -0.507 e. The number of halogens is 3. The number of rotatable bonds is 1. The zero-order valence-electron chi connectivity index (χ0n) is 18.1. The first kappa shape index (κ1) is 23.0. The number of phenolic OH excluding ortho intramolecular Hbond substituents is 1. The van der Waals surface area contributed by atoms with Gasteiger partial charge in [0, 0.05) is 42.9 Å². The molecule has 6 nitrogen and oxygen atoms in total. The summed E-state index contributed by atoms with van der Waals surface area (Å²) in [5.74, 6) is -0.399. The van der Waals surface area contributed by atoms with Crippen molar-refractivity contribution in [3.63, 3.8) is 0 Å². The molecule has 1 amide bonds. The van der Waals surface area contributed by atoms with Crippen molar-refractivity contribution in [3.8, 4) is 22.6 Å². The van der Waals surface area contributed by atoms with E-state index in [2.05, 4.69) is 4.90 Å². The lowest BCUT2D eigenvalue weighted by atomic mass is 10.0. The van der Waals surface area contributed by atoms with Gasteiger partial charge in [0.15, 0.2) is 0 Å². The van der Waals surface area contributed by atoms with Gasteiger partial charge in [0.25, 0.3) is 0 Å². The molecule has 32 heavy (non-hydrogen) atoms. The molecule has 0 saturated carbocycles. The predicted octanol–water partition coefficient (Wildman–Crippen LogP) is 5.32. The third-order valence-corrected chi connectivity index (χ3v) is 6.22. The maximum Gasteiger partial charge on any atom is 0.410 e. The van der Waals surface area contributed by atoms with E-state index < -0.39 is 11.4 Å². The first-order chi connectivity index (χ1) is 15.0. The summed E-state index contributed by atoms with van der Waals surface area (Å²) >= 11 is 12.8. The monoisotopic (exact) mass is 482 g/mol. The topological polar surface area (TPSA) is 62.2 Å². The van der Waals surface area contributed by atoms with Crippen LogP contribution in [0.25, 0.3) is 11.1 Å². The molecule has 2 aliphatic rings. The number of carbonyl (C=O) groups is 1. The Kier molecular flexibility index (Phi) is 6.18. The van der Waals surface area contributed by atoms with Crippen LogP contribution in [-0.2, 0) is 11.3 Å². The van der Waals surface area contributed by atoms with Gasteiger partial charge in [-0.15, -0.1) is 0 Å². The number of benzene rings is 2. The van der Waals surface area contributed by atoms with E-state index in [0.717, 1.165) is 0 Å². The van der Waals surface area contributed by atoms with Crippen molar-refractivity contribution in [2.24, 2.45) is 0 Å². The van der Waals surface area contributed by atoms with Crippen LogP contribution >= 0.6 is 23.2 Å². The van der Waals surface area contributed by atoms with Crippen molar-refractivity contribution in [1.82, 2.24) is 9.80 Å². The molecule has 0 bridgehead atoms. The molecule has 9 heteroatoms. The van der Waals surface area contributed by atoms with Crippen molar-refractivity contribution in [2.45, 2.75) is 39.0 Å². The molecule has 2 aliphatic heterocycles. The van der Waals surface area contributed by atoms with Crippen LogP contribution in [0.3, 0.4) is 0 Å². The molecule has 0 aromatic heterocycles. The van der Waals surface area contributed by atoms with Crippen molar-refractivity contribution in [1.29, 1.82) is 0 Å². The third-order valence-electron chi connectivity index (χ3n) is 5.54. The van der Waals surface area contributed by atoms with Crippen LogP contribution in [0.4, 0.5) is 9.18 Å². The zero-order valence-corrected chi connectivity index (χ0v) is 19.6. The van der Waals surface area contributed by atoms with Gasteiger partial charge in [-0.1, -0.05) is 29.3 Å². The number of nitrogens with zero attached hydrogens (tertiary/aromatic N) is 2. The Labute approximate surface area is 196 Å². The molecule has 0 radical (unpaired) electrons. The van der Waals surface area contributed by atoms with Crippen LogP contribution < -0.4 is 4.74 Å². The van der Waals surface area contributed by atoms with E-state index in [9.17, 15) is 9.90 Å². The molecule has 1 fully saturated rings. The molecule has 0 aliphatic carbocycles. The summed E-state index contributed by atoms with van der Waals surface area (Å²) in [5, 5.41) is 10.5. The number of piperazine rings is 1. The lowest BCUT2D eigenvalue weighted by Gasteiger charge is -2.40. The van der Waals surface area contributed by atoms with E-state index in [0.29, 0.717) is 37.5 Å². The molecule has 0 spiro atoms. The van der Waals surface area contributed by atoms with Crippen LogP contribution in [-0.4, -0.2) is 58.9 Å². The zero-order chi connectivity index (χ0) is 23.2. The minimum absolute atomic E-state index is 0.00349. The second-order valence-electron chi connectivity index (χ2n) is 9.03. The SMILES string of the molecule is CC(C)(C)OC(=O)N1CCN2Cc3cc(F)c(-c4c(O)cccc4Cl)c(Cl)c3OC[C@H]2C1. The van der Waals surface area contributed by atoms with Crippen LogP contribution in [0.1, 0.15) is 26.3 Å². The second-order valence-corrected chi connectivity index (χ2v) is 9.82. The molecule has 172 valence electrons. The van der Waals surface area contributed by atoms with E-state index in [1.165, 1.54) is 12.1 Å². The predicted molar refractivity (Wildman–Crippen MR) is 121 cm³/mol. The quantitative estimate of drug-likeness (QED) is 0.595. The number of hydrogen-bond donors (Lipinski definition) is 1. The van der Waals surface area contributed by atoms with Gasteiger partial charge >= 0.3 is 6.09 Å². The van der Waals surface area contributed by atoms with E-state index in [4.69, 9.17) is 32.7 Å². The summed E-state index contributed by atoms with van der Waals surface area (Å²) in [7, 11) is 0. The average Bonchev–Trinajstić information content (AvgIpc) is 2.87. The summed E-state index contributed by atoms with van der Waals surface area (Å²) in [6, 6.07) is 5.84. The molecule has 1 N–H and O–H groups in total. The van der Waals surface area contributed by atoms with Crippen molar-refractivity contribution in [2.75, 3.05) is 26.2 Å². The van der Waals surface area contributed by atoms with E-state index in [1.54, 1.807) is 17.0 Å². The maximum absolute atomic E-state index is 15.2. The van der Waals surface area contributed by atoms with Crippen LogP contribution in [0.2, 0.25) is 10.0 Å². The van der Waals surface area contributed by atoms with Gasteiger partial charge in [-0.05, 0) is 39.0 Å². The molecule has 2 aromatic rings. The van der Waals surface area contributed by atoms with Crippen LogP contribution in [0.5, 0.6) is 11.5 Å². The fraction of sp³-hybridized carbons (Fsp3) is 0.435. The Morgan fingerprint density at radius 2 is 2.00 bits per heavy atom. The molecule has 2 aromatic carbocycles. The summed E-state index contributed by atoms with van der Waals surface area (Å²) < 4.78 is 26.7. The number of ether oxygens (including phenoxy) is 2. The van der Waals surface area contributed by atoms with Crippen molar-refractivity contribution >= 4 is 29.3 Å². The average molecular weight is 483 g/mol. The highest BCUT2D eigenvalue weighted by Gasteiger charge is 2.36. The molecule has 0 unspecified atom stereocenters. The van der Waals surface area contributed by atoms with Gasteiger partial charge in [-0.3, -0.25) is 4.90 Å². The summed E-state index contributed by atoms with van der Waals surface area (Å²) in [4.78, 5) is 16.3. The van der Waals surface area contributed by atoms with Gasteiger partial charge in [-0.2, -0.15) is 0 Å². The summed E-state index contributed by atoms with van der Waals surface area (Å²) in [6.45, 7) is 7.72. The van der Waals surface area contributed by atoms with Gasteiger partial charge in [0.2, 0.25) is 0 Å². The van der Waals surface area contributed by atoms with Crippen molar-refractivity contribution in [3.05, 3.63) is 45.7 Å². The first-order valence-electron chi connectivity index (χ1n) is 10.4. The highest BCUT2D eigenvalue weighted by atomic mass is 35.5. The number of fused-ring (bicyclic) bond motifs is 2. The fourth-order valence-electron chi connectivity index (χ4n) is 4.06. The standard InChI is InChI=1S/C23H25Cl2FN2O4/c1-23(2,3)32-22(30)28-8-7-27-10-13-9-16(26)19(18-15(24)5-4-6-17(18)29)20(25)21(13)31-12-14(27)11-28/h4-6,9,14,29H,7-8,10-12H2,1-3H3/t14-/m1/s1. The van der Waals surface area contributed by atoms with E-state index in [1.807, 2.05) is 20.8 Å². The third kappa shape index (κ3) is 4.47. The Morgan fingerprint density at radius 3 is 2.69 bits per heavy atom. The summed E-state index contributed by atoms with van der Waals surface area (Å²) in [5.41, 5.74) is 0.164. The lowest BCUT2D eigenvalue weighted by molar-refractivity contribution is -0.00154. The number of aromatic hydroxyl groups is 1. The normalized spacial score (nSPS) is 18.9. The second kappa shape index (κ2) is 8.61. The number of amides is 1. The van der Waals surface area contributed by atoms with Crippen LogP contribution in [0.15, 0.2) is 24.3 Å². The number of carbonyl (C=O) groups excluding carboxylic acids is 1. The Balaban J connectivity index is 1.62. The van der Waals surface area contributed by atoms with E-state index >= 15 is 4.39 Å². The van der Waals surface area contributed by atoms with Gasteiger partial charge in [0.1, 0.15) is 29.5 Å². The highest BCUT2D eigenvalue weighted by Crippen LogP contribution is 2.46. The molecular formula is C23H25Cl2FN2O4. The first-order valence-corrected chi connectivity index (χ1v) is 11.1. The molecule has 2 heterocycles. The van der Waals surface area contributed by atoms with E-state index in [-0.39, 0.29) is 45.7 Å². The fourth-order valence-corrected chi connectivity index (χ4v) is 4.69. The minimum atomic E-state index is -0.591. The van der Waals surface area contributed by atoms with Gasteiger partial charge in [-0.25, -0.2) is 9.18 Å². The van der Waals surface area contributed by atoms with Gasteiger partial charge < -0.3 is 19.5 Å². The molecular weight excluding hydrogens is 458 g/mol. The smallest absolute Gasteiger partial charge is 0.410 e. The molecule has 1 atom stereocenters.